The second-order valence-corrected chi connectivity index (χ2v) is 3.46. The molecule has 15 heavy (non-hydrogen) atoms. The Hall–Kier alpha value is -1.83. The minimum absolute atomic E-state index is 0.909. The molecule has 1 heterocycles. The lowest BCUT2D eigenvalue weighted by atomic mass is 10.2. The van der Waals surface area contributed by atoms with E-state index in [1.54, 1.807) is 0 Å². The van der Waals surface area contributed by atoms with Crippen molar-refractivity contribution in [3.63, 3.8) is 0 Å². The van der Waals surface area contributed by atoms with Gasteiger partial charge in [-0.25, -0.2) is 0 Å². The molecule has 76 valence electrons. The summed E-state index contributed by atoms with van der Waals surface area (Å²) in [4.78, 5) is 4.37. The quantitative estimate of drug-likeness (QED) is 0.678. The van der Waals surface area contributed by atoms with Gasteiger partial charge in [-0.1, -0.05) is 18.2 Å². The molecule has 0 aliphatic heterocycles. The first-order valence-corrected chi connectivity index (χ1v) is 4.92. The van der Waals surface area contributed by atoms with Crippen molar-refractivity contribution in [2.75, 3.05) is 0 Å². The number of nitrogens with zero attached hydrogens (tertiary/aromatic N) is 1. The minimum atomic E-state index is 0.909. The first-order chi connectivity index (χ1) is 7.25. The van der Waals surface area contributed by atoms with Gasteiger partial charge in [0.1, 0.15) is 11.5 Å². The van der Waals surface area contributed by atoms with Crippen LogP contribution in [-0.2, 0) is 0 Å². The van der Waals surface area contributed by atoms with Gasteiger partial charge in [0.25, 0.3) is 0 Å². The van der Waals surface area contributed by atoms with Crippen molar-refractivity contribution in [3.05, 3.63) is 53.5 Å². The van der Waals surface area contributed by atoms with E-state index in [1.165, 1.54) is 0 Å². The highest BCUT2D eigenvalue weighted by molar-refractivity contribution is 5.83. The summed E-state index contributed by atoms with van der Waals surface area (Å²) in [5, 5.41) is 0. The summed E-state index contributed by atoms with van der Waals surface area (Å²) in [6.07, 6.45) is 1.83. The van der Waals surface area contributed by atoms with Crippen molar-refractivity contribution < 1.29 is 4.42 Å². The topological polar surface area (TPSA) is 25.5 Å². The van der Waals surface area contributed by atoms with E-state index in [0.717, 1.165) is 22.8 Å². The molecule has 0 atom stereocenters. The van der Waals surface area contributed by atoms with Gasteiger partial charge in [0, 0.05) is 11.8 Å². The monoisotopic (exact) mass is 199 g/mol. The van der Waals surface area contributed by atoms with Crippen LogP contribution in [0.25, 0.3) is 0 Å². The normalized spacial score (nSPS) is 11.1. The van der Waals surface area contributed by atoms with Crippen LogP contribution in [0.1, 0.15) is 17.1 Å². The maximum Gasteiger partial charge on any atom is 0.109 e. The molecule has 0 unspecified atom stereocenters. The van der Waals surface area contributed by atoms with Crippen molar-refractivity contribution in [2.24, 2.45) is 4.99 Å². The number of rotatable bonds is 2. The second-order valence-electron chi connectivity index (χ2n) is 3.46. The SMILES string of the molecule is Cc1cc(C=Nc2ccccc2)c(C)o1. The zero-order valence-electron chi connectivity index (χ0n) is 8.90. The molecule has 0 saturated carbocycles. The predicted molar refractivity (Wildman–Crippen MR) is 61.9 cm³/mol. The van der Waals surface area contributed by atoms with Crippen LogP contribution >= 0.6 is 0 Å². The van der Waals surface area contributed by atoms with E-state index in [-0.39, 0.29) is 0 Å². The fourth-order valence-corrected chi connectivity index (χ4v) is 1.44. The predicted octanol–water partition coefficient (Wildman–Crippen LogP) is 3.65. The molecule has 0 aliphatic carbocycles. The first-order valence-electron chi connectivity index (χ1n) is 4.92. The molecule has 2 aromatic rings. The van der Waals surface area contributed by atoms with Crippen LogP contribution in [0.5, 0.6) is 0 Å². The lowest BCUT2D eigenvalue weighted by Crippen LogP contribution is -1.78. The molecule has 0 N–H and O–H groups in total. The van der Waals surface area contributed by atoms with Crippen molar-refractivity contribution in [3.8, 4) is 0 Å². The van der Waals surface area contributed by atoms with Gasteiger partial charge in [-0.05, 0) is 32.0 Å². The van der Waals surface area contributed by atoms with Gasteiger partial charge >= 0.3 is 0 Å². The fourth-order valence-electron chi connectivity index (χ4n) is 1.44. The molecule has 1 aromatic carbocycles. The third kappa shape index (κ3) is 2.34. The molecular weight excluding hydrogens is 186 g/mol. The molecule has 1 aromatic heterocycles. The highest BCUT2D eigenvalue weighted by atomic mass is 16.3. The van der Waals surface area contributed by atoms with E-state index in [2.05, 4.69) is 4.99 Å². The highest BCUT2D eigenvalue weighted by Gasteiger charge is 2.00. The molecule has 0 aliphatic rings. The van der Waals surface area contributed by atoms with Crippen LogP contribution in [0.2, 0.25) is 0 Å². The standard InChI is InChI=1S/C13H13NO/c1-10-8-12(11(2)15-10)9-14-13-6-4-3-5-7-13/h3-9H,1-2H3. The van der Waals surface area contributed by atoms with E-state index >= 15 is 0 Å². The summed E-state index contributed by atoms with van der Waals surface area (Å²) in [5.41, 5.74) is 1.99. The number of furan rings is 1. The van der Waals surface area contributed by atoms with Crippen molar-refractivity contribution in [2.45, 2.75) is 13.8 Å². The first kappa shape index (κ1) is 9.71. The van der Waals surface area contributed by atoms with Crippen LogP contribution < -0.4 is 0 Å². The molecular formula is C13H13NO. The van der Waals surface area contributed by atoms with Gasteiger partial charge in [0.15, 0.2) is 0 Å². The van der Waals surface area contributed by atoms with E-state index in [1.807, 2.05) is 56.5 Å². The Labute approximate surface area is 89.3 Å². The Balaban J connectivity index is 2.22. The van der Waals surface area contributed by atoms with Crippen LogP contribution in [-0.4, -0.2) is 6.21 Å². The molecule has 2 rings (SSSR count). The number of aliphatic imine (C=N–C) groups is 1. The Kier molecular flexibility index (Phi) is 2.68. The zero-order chi connectivity index (χ0) is 10.7. The summed E-state index contributed by atoms with van der Waals surface area (Å²) >= 11 is 0. The molecule has 2 nitrogen and oxygen atoms in total. The second kappa shape index (κ2) is 4.13. The van der Waals surface area contributed by atoms with E-state index in [9.17, 15) is 0 Å². The van der Waals surface area contributed by atoms with Crippen LogP contribution in [0.15, 0.2) is 45.8 Å². The largest absolute Gasteiger partial charge is 0.466 e. The Bertz CT molecular complexity index is 469. The Morgan fingerprint density at radius 1 is 1.13 bits per heavy atom. The summed E-state index contributed by atoms with van der Waals surface area (Å²) in [5.74, 6) is 1.83. The maximum absolute atomic E-state index is 5.41. The number of hydrogen-bond donors (Lipinski definition) is 0. The number of aryl methyl sites for hydroxylation is 2. The molecule has 2 heteroatoms. The van der Waals surface area contributed by atoms with Crippen LogP contribution in [0.3, 0.4) is 0 Å². The summed E-state index contributed by atoms with van der Waals surface area (Å²) in [7, 11) is 0. The maximum atomic E-state index is 5.41. The molecule has 0 spiro atoms. The Morgan fingerprint density at radius 3 is 2.47 bits per heavy atom. The molecule has 0 fully saturated rings. The van der Waals surface area contributed by atoms with E-state index in [0.29, 0.717) is 0 Å². The Morgan fingerprint density at radius 2 is 1.87 bits per heavy atom. The van der Waals surface area contributed by atoms with Crippen molar-refractivity contribution in [1.82, 2.24) is 0 Å². The average molecular weight is 199 g/mol. The summed E-state index contributed by atoms with van der Waals surface area (Å²) < 4.78 is 5.41. The van der Waals surface area contributed by atoms with Gasteiger partial charge in [0.05, 0.1) is 5.69 Å². The van der Waals surface area contributed by atoms with Crippen molar-refractivity contribution >= 4 is 11.9 Å². The summed E-state index contributed by atoms with van der Waals surface area (Å²) in [6, 6.07) is 11.9. The van der Waals surface area contributed by atoms with Gasteiger partial charge < -0.3 is 4.42 Å². The third-order valence-electron chi connectivity index (χ3n) is 2.19. The molecule has 0 saturated heterocycles. The smallest absolute Gasteiger partial charge is 0.109 e. The van der Waals surface area contributed by atoms with Gasteiger partial charge in [-0.15, -0.1) is 0 Å². The van der Waals surface area contributed by atoms with E-state index in [4.69, 9.17) is 4.42 Å². The highest BCUT2D eigenvalue weighted by Crippen LogP contribution is 2.14. The zero-order valence-corrected chi connectivity index (χ0v) is 8.90. The van der Waals surface area contributed by atoms with Crippen molar-refractivity contribution in [1.29, 1.82) is 0 Å². The van der Waals surface area contributed by atoms with E-state index < -0.39 is 0 Å². The summed E-state index contributed by atoms with van der Waals surface area (Å²) in [6.45, 7) is 3.88. The van der Waals surface area contributed by atoms with Crippen LogP contribution in [0, 0.1) is 13.8 Å². The lowest BCUT2D eigenvalue weighted by molar-refractivity contribution is 0.504. The molecule has 0 radical (unpaired) electrons. The third-order valence-corrected chi connectivity index (χ3v) is 2.19. The number of benzene rings is 1. The average Bonchev–Trinajstić information content (AvgIpc) is 2.56. The van der Waals surface area contributed by atoms with Crippen LogP contribution in [0.4, 0.5) is 5.69 Å². The van der Waals surface area contributed by atoms with Gasteiger partial charge in [0.2, 0.25) is 0 Å². The molecule has 0 bridgehead atoms. The number of hydrogen-bond acceptors (Lipinski definition) is 2. The lowest BCUT2D eigenvalue weighted by Gasteiger charge is -1.91. The number of para-hydroxylation sites is 1. The minimum Gasteiger partial charge on any atom is -0.466 e. The van der Waals surface area contributed by atoms with Gasteiger partial charge in [-0.3, -0.25) is 4.99 Å². The molecule has 0 amide bonds. The fraction of sp³-hybridized carbons (Fsp3) is 0.154. The van der Waals surface area contributed by atoms with Gasteiger partial charge in [-0.2, -0.15) is 0 Å².